The van der Waals surface area contributed by atoms with Gasteiger partial charge in [0.1, 0.15) is 6.54 Å². The molecule has 28 heavy (non-hydrogen) atoms. The van der Waals surface area contributed by atoms with Gasteiger partial charge in [-0.1, -0.05) is 58.0 Å². The van der Waals surface area contributed by atoms with E-state index >= 15 is 0 Å². The molecule has 0 heterocycles. The first kappa shape index (κ1) is 22.0. The summed E-state index contributed by atoms with van der Waals surface area (Å²) in [4.78, 5) is 12.7. The highest BCUT2D eigenvalue weighted by Gasteiger charge is 2.27. The highest BCUT2D eigenvalue weighted by Crippen LogP contribution is 2.25. The molecule has 6 heteroatoms. The fourth-order valence-electron chi connectivity index (χ4n) is 2.66. The van der Waals surface area contributed by atoms with Gasteiger partial charge in [-0.3, -0.25) is 9.10 Å². The minimum absolute atomic E-state index is 0.0444. The summed E-state index contributed by atoms with van der Waals surface area (Å²) in [7, 11) is -3.87. The van der Waals surface area contributed by atoms with Crippen LogP contribution in [0, 0.1) is 5.92 Å². The van der Waals surface area contributed by atoms with Gasteiger partial charge in [0.2, 0.25) is 5.91 Å². The second kappa shape index (κ2) is 9.24. The molecular formula is C22H30N2O3S. The number of nitrogens with one attached hydrogen (secondary N) is 1. The maximum absolute atomic E-state index is 13.3. The van der Waals surface area contributed by atoms with Crippen molar-refractivity contribution < 1.29 is 13.2 Å². The molecule has 1 N–H and O–H groups in total. The third kappa shape index (κ3) is 5.35. The molecule has 5 nitrogen and oxygen atoms in total. The molecule has 0 aliphatic carbocycles. The molecule has 0 spiro atoms. The molecule has 0 aliphatic heterocycles. The smallest absolute Gasteiger partial charge is 0.264 e. The molecular weight excluding hydrogens is 372 g/mol. The Morgan fingerprint density at radius 2 is 1.50 bits per heavy atom. The van der Waals surface area contributed by atoms with Crippen LogP contribution in [-0.4, -0.2) is 26.9 Å². The van der Waals surface area contributed by atoms with Crippen LogP contribution in [0.15, 0.2) is 59.5 Å². The molecule has 2 rings (SSSR count). The van der Waals surface area contributed by atoms with E-state index in [1.54, 1.807) is 42.5 Å². The Morgan fingerprint density at radius 1 is 0.929 bits per heavy atom. The molecule has 0 saturated carbocycles. The second-order valence-electron chi connectivity index (χ2n) is 7.67. The van der Waals surface area contributed by atoms with Crippen LogP contribution in [0.3, 0.4) is 0 Å². The maximum Gasteiger partial charge on any atom is 0.264 e. The summed E-state index contributed by atoms with van der Waals surface area (Å²) in [6.07, 6.45) is 0. The predicted octanol–water partition coefficient (Wildman–Crippen LogP) is 4.17. The molecule has 0 bridgehead atoms. The predicted molar refractivity (Wildman–Crippen MR) is 114 cm³/mol. The molecule has 0 radical (unpaired) electrons. The number of benzene rings is 2. The van der Waals surface area contributed by atoms with Crippen LogP contribution in [0.25, 0.3) is 0 Å². The standard InChI is InChI=1S/C22H30N2O3S/c1-16(2)18(5)23-22(25)15-24(20-13-11-19(12-14-20)17(3)4)28(26,27)21-9-7-6-8-10-21/h6-14,16-18H,15H2,1-5H3,(H,23,25)/t18-/m0/s1. The van der Waals surface area contributed by atoms with Gasteiger partial charge in [-0.25, -0.2) is 8.42 Å². The molecule has 2 aromatic rings. The van der Waals surface area contributed by atoms with Gasteiger partial charge in [0, 0.05) is 6.04 Å². The zero-order chi connectivity index (χ0) is 20.9. The molecule has 2 aromatic carbocycles. The minimum Gasteiger partial charge on any atom is -0.352 e. The Hall–Kier alpha value is -2.34. The van der Waals surface area contributed by atoms with E-state index in [2.05, 4.69) is 19.2 Å². The molecule has 0 aliphatic rings. The van der Waals surface area contributed by atoms with Gasteiger partial charge in [-0.05, 0) is 48.6 Å². The lowest BCUT2D eigenvalue weighted by molar-refractivity contribution is -0.120. The Balaban J connectivity index is 2.39. The van der Waals surface area contributed by atoms with E-state index in [9.17, 15) is 13.2 Å². The number of carbonyl (C=O) groups excluding carboxylic acids is 1. The van der Waals surface area contributed by atoms with Gasteiger partial charge < -0.3 is 5.32 Å². The van der Waals surface area contributed by atoms with E-state index in [0.29, 0.717) is 11.6 Å². The third-order valence-corrected chi connectivity index (χ3v) is 6.64. The molecule has 0 aromatic heterocycles. The fraction of sp³-hybridized carbons (Fsp3) is 0.409. The first-order valence-corrected chi connectivity index (χ1v) is 11.0. The lowest BCUT2D eigenvalue weighted by atomic mass is 10.0. The van der Waals surface area contributed by atoms with Gasteiger partial charge >= 0.3 is 0 Å². The van der Waals surface area contributed by atoms with Crippen LogP contribution in [0.4, 0.5) is 5.69 Å². The summed E-state index contributed by atoms with van der Waals surface area (Å²) in [6, 6.07) is 15.5. The Kier molecular flexibility index (Phi) is 7.24. The maximum atomic E-state index is 13.3. The number of nitrogens with zero attached hydrogens (tertiary/aromatic N) is 1. The first-order chi connectivity index (χ1) is 13.1. The quantitative estimate of drug-likeness (QED) is 0.721. The average Bonchev–Trinajstić information content (AvgIpc) is 2.66. The first-order valence-electron chi connectivity index (χ1n) is 9.60. The van der Waals surface area contributed by atoms with E-state index in [0.717, 1.165) is 5.56 Å². The number of hydrogen-bond acceptors (Lipinski definition) is 3. The van der Waals surface area contributed by atoms with Gasteiger partial charge in [0.15, 0.2) is 0 Å². The molecule has 152 valence electrons. The number of hydrogen-bond donors (Lipinski definition) is 1. The van der Waals surface area contributed by atoms with E-state index < -0.39 is 10.0 Å². The summed E-state index contributed by atoms with van der Waals surface area (Å²) in [5, 5.41) is 2.89. The molecule has 0 saturated heterocycles. The van der Waals surface area contributed by atoms with E-state index in [1.165, 1.54) is 4.31 Å². The van der Waals surface area contributed by atoms with Crippen LogP contribution < -0.4 is 9.62 Å². The fourth-order valence-corrected chi connectivity index (χ4v) is 4.10. The lowest BCUT2D eigenvalue weighted by Crippen LogP contribution is -2.45. The highest BCUT2D eigenvalue weighted by atomic mass is 32.2. The van der Waals surface area contributed by atoms with Crippen molar-refractivity contribution in [3.63, 3.8) is 0 Å². The van der Waals surface area contributed by atoms with Crippen molar-refractivity contribution >= 4 is 21.6 Å². The molecule has 1 atom stereocenters. The monoisotopic (exact) mass is 402 g/mol. The number of anilines is 1. The number of carbonyl (C=O) groups is 1. The van der Waals surface area contributed by atoms with Crippen molar-refractivity contribution in [1.29, 1.82) is 0 Å². The summed E-state index contributed by atoms with van der Waals surface area (Å²) < 4.78 is 27.7. The Bertz CT molecular complexity index is 876. The van der Waals surface area contributed by atoms with Crippen LogP contribution in [0.5, 0.6) is 0 Å². The SMILES string of the molecule is CC(C)c1ccc(N(CC(=O)N[C@@H](C)C(C)C)S(=O)(=O)c2ccccc2)cc1. The Labute approximate surface area is 168 Å². The van der Waals surface area contributed by atoms with E-state index in [1.807, 2.05) is 32.9 Å². The largest absolute Gasteiger partial charge is 0.352 e. The molecule has 0 unspecified atom stereocenters. The van der Waals surface area contributed by atoms with Crippen LogP contribution in [-0.2, 0) is 14.8 Å². The van der Waals surface area contributed by atoms with Crippen LogP contribution >= 0.6 is 0 Å². The number of amides is 1. The summed E-state index contributed by atoms with van der Waals surface area (Å²) in [5.74, 6) is 0.269. The van der Waals surface area contributed by atoms with Crippen LogP contribution in [0.1, 0.15) is 46.1 Å². The average molecular weight is 403 g/mol. The van der Waals surface area contributed by atoms with Gasteiger partial charge in [0.05, 0.1) is 10.6 Å². The number of sulfonamides is 1. The Morgan fingerprint density at radius 3 is 2.00 bits per heavy atom. The van der Waals surface area contributed by atoms with Gasteiger partial charge in [-0.15, -0.1) is 0 Å². The zero-order valence-corrected chi connectivity index (χ0v) is 18.0. The number of rotatable bonds is 8. The van der Waals surface area contributed by atoms with E-state index in [-0.39, 0.29) is 29.3 Å². The molecule has 0 fully saturated rings. The normalized spacial score (nSPS) is 12.8. The van der Waals surface area contributed by atoms with Crippen molar-refractivity contribution in [2.45, 2.75) is 51.5 Å². The minimum atomic E-state index is -3.87. The molecule has 1 amide bonds. The van der Waals surface area contributed by atoms with E-state index in [4.69, 9.17) is 0 Å². The van der Waals surface area contributed by atoms with Crippen LogP contribution in [0.2, 0.25) is 0 Å². The van der Waals surface area contributed by atoms with Crippen molar-refractivity contribution in [1.82, 2.24) is 5.32 Å². The summed E-state index contributed by atoms with van der Waals surface area (Å²) in [6.45, 7) is 9.82. The zero-order valence-electron chi connectivity index (χ0n) is 17.2. The van der Waals surface area contributed by atoms with Crippen molar-refractivity contribution in [2.75, 3.05) is 10.8 Å². The van der Waals surface area contributed by atoms with Gasteiger partial charge in [-0.2, -0.15) is 0 Å². The van der Waals surface area contributed by atoms with Gasteiger partial charge in [0.25, 0.3) is 10.0 Å². The van der Waals surface area contributed by atoms with Crippen molar-refractivity contribution in [3.8, 4) is 0 Å². The highest BCUT2D eigenvalue weighted by molar-refractivity contribution is 7.92. The van der Waals surface area contributed by atoms with Crippen molar-refractivity contribution in [2.24, 2.45) is 5.92 Å². The van der Waals surface area contributed by atoms with Crippen molar-refractivity contribution in [3.05, 3.63) is 60.2 Å². The third-order valence-electron chi connectivity index (χ3n) is 4.85. The lowest BCUT2D eigenvalue weighted by Gasteiger charge is -2.26. The second-order valence-corrected chi connectivity index (χ2v) is 9.53. The topological polar surface area (TPSA) is 66.5 Å². The summed E-state index contributed by atoms with van der Waals surface area (Å²) >= 11 is 0. The summed E-state index contributed by atoms with van der Waals surface area (Å²) in [5.41, 5.74) is 1.58.